The zero-order valence-electron chi connectivity index (χ0n) is 8.40. The minimum Gasteiger partial charge on any atom is -0.379 e. The van der Waals surface area contributed by atoms with E-state index in [1.54, 1.807) is 7.05 Å². The van der Waals surface area contributed by atoms with Crippen LogP contribution >= 0.6 is 11.6 Å². The summed E-state index contributed by atoms with van der Waals surface area (Å²) >= 11 is 5.83. The van der Waals surface area contributed by atoms with Crippen LogP contribution < -0.4 is 16.6 Å². The minimum atomic E-state index is -0.315. The highest BCUT2D eigenvalue weighted by atomic mass is 35.5. The average molecular weight is 229 g/mol. The molecule has 0 saturated carbocycles. The molecule has 0 aliphatic heterocycles. The van der Waals surface area contributed by atoms with Gasteiger partial charge in [-0.05, 0) is 0 Å². The summed E-state index contributed by atoms with van der Waals surface area (Å²) in [6.45, 7) is 1.05. The van der Waals surface area contributed by atoms with Gasteiger partial charge < -0.3 is 11.1 Å². The lowest BCUT2D eigenvalue weighted by Gasteiger charge is -2.05. The molecule has 0 saturated heterocycles. The molecule has 0 amide bonds. The van der Waals surface area contributed by atoms with Gasteiger partial charge in [-0.3, -0.25) is 4.79 Å². The third-order valence-corrected chi connectivity index (χ3v) is 2.16. The van der Waals surface area contributed by atoms with Crippen molar-refractivity contribution in [2.24, 2.45) is 12.8 Å². The van der Waals surface area contributed by atoms with E-state index in [1.807, 2.05) is 12.2 Å². The van der Waals surface area contributed by atoms with E-state index in [0.717, 1.165) is 0 Å². The Labute approximate surface area is 92.5 Å². The molecule has 0 aliphatic rings. The van der Waals surface area contributed by atoms with Crippen molar-refractivity contribution in [2.45, 2.75) is 0 Å². The van der Waals surface area contributed by atoms with Crippen molar-refractivity contribution in [2.75, 3.05) is 18.4 Å². The predicted molar refractivity (Wildman–Crippen MR) is 61.2 cm³/mol. The summed E-state index contributed by atoms with van der Waals surface area (Å²) in [4.78, 5) is 11.4. The van der Waals surface area contributed by atoms with Gasteiger partial charge in [0.25, 0.3) is 5.56 Å². The van der Waals surface area contributed by atoms with Crippen LogP contribution in [0.3, 0.4) is 0 Å². The van der Waals surface area contributed by atoms with Crippen LogP contribution in [0.4, 0.5) is 5.69 Å². The SMILES string of the molecule is Cn1ncc(NC/C=C/CN)c(Cl)c1=O. The first-order valence-corrected chi connectivity index (χ1v) is 4.85. The fourth-order valence-electron chi connectivity index (χ4n) is 0.982. The van der Waals surface area contributed by atoms with E-state index in [-0.39, 0.29) is 10.6 Å². The van der Waals surface area contributed by atoms with Crippen molar-refractivity contribution in [1.29, 1.82) is 0 Å². The lowest BCUT2D eigenvalue weighted by Crippen LogP contribution is -2.21. The first-order chi connectivity index (χ1) is 7.16. The molecule has 5 nitrogen and oxygen atoms in total. The quantitative estimate of drug-likeness (QED) is 0.730. The normalized spacial score (nSPS) is 10.9. The Balaban J connectivity index is 2.75. The number of rotatable bonds is 4. The number of aromatic nitrogens is 2. The van der Waals surface area contributed by atoms with Gasteiger partial charge in [0.15, 0.2) is 0 Å². The molecule has 0 bridgehead atoms. The lowest BCUT2D eigenvalue weighted by atomic mass is 10.4. The Kier molecular flexibility index (Phi) is 4.33. The predicted octanol–water partition coefficient (Wildman–Crippen LogP) is 0.361. The number of hydrogen-bond donors (Lipinski definition) is 2. The Bertz CT molecular complexity index is 413. The van der Waals surface area contributed by atoms with Gasteiger partial charge in [0.1, 0.15) is 5.02 Å². The summed E-state index contributed by atoms with van der Waals surface area (Å²) in [5.41, 5.74) is 5.49. The minimum absolute atomic E-state index is 0.147. The summed E-state index contributed by atoms with van der Waals surface area (Å²) in [5.74, 6) is 0. The fraction of sp³-hybridized carbons (Fsp3) is 0.333. The molecule has 15 heavy (non-hydrogen) atoms. The highest BCUT2D eigenvalue weighted by molar-refractivity contribution is 6.32. The van der Waals surface area contributed by atoms with Crippen molar-refractivity contribution >= 4 is 17.3 Å². The number of hydrogen-bond acceptors (Lipinski definition) is 4. The van der Waals surface area contributed by atoms with Crippen LogP contribution in [-0.4, -0.2) is 22.9 Å². The third-order valence-electron chi connectivity index (χ3n) is 1.79. The monoisotopic (exact) mass is 228 g/mol. The van der Waals surface area contributed by atoms with Gasteiger partial charge in [0.2, 0.25) is 0 Å². The van der Waals surface area contributed by atoms with Crippen LogP contribution in [0.5, 0.6) is 0 Å². The Morgan fingerprint density at radius 2 is 2.40 bits per heavy atom. The molecular weight excluding hydrogens is 216 g/mol. The molecular formula is C9H13ClN4O. The van der Waals surface area contributed by atoms with Gasteiger partial charge in [-0.2, -0.15) is 5.10 Å². The van der Waals surface area contributed by atoms with Crippen LogP contribution in [0.2, 0.25) is 5.02 Å². The second-order valence-corrected chi connectivity index (χ2v) is 3.27. The highest BCUT2D eigenvalue weighted by Gasteiger charge is 2.05. The van der Waals surface area contributed by atoms with Crippen molar-refractivity contribution in [3.05, 3.63) is 33.7 Å². The molecule has 1 aromatic heterocycles. The van der Waals surface area contributed by atoms with Gasteiger partial charge >= 0.3 is 0 Å². The van der Waals surface area contributed by atoms with Gasteiger partial charge in [0.05, 0.1) is 11.9 Å². The standard InChI is InChI=1S/C9H13ClN4O/c1-14-9(15)8(10)7(6-13-14)12-5-3-2-4-11/h2-3,6,12H,4-5,11H2,1H3/b3-2+. The molecule has 6 heteroatoms. The number of aryl methyl sites for hydroxylation is 1. The van der Waals surface area contributed by atoms with Crippen LogP contribution in [0.15, 0.2) is 23.1 Å². The molecule has 0 fully saturated rings. The summed E-state index contributed by atoms with van der Waals surface area (Å²) in [5, 5.41) is 6.96. The van der Waals surface area contributed by atoms with Crippen molar-refractivity contribution in [3.8, 4) is 0 Å². The maximum atomic E-state index is 11.4. The Morgan fingerprint density at radius 1 is 1.67 bits per heavy atom. The summed E-state index contributed by atoms with van der Waals surface area (Å²) in [7, 11) is 1.55. The zero-order valence-corrected chi connectivity index (χ0v) is 9.16. The van der Waals surface area contributed by atoms with E-state index in [2.05, 4.69) is 10.4 Å². The van der Waals surface area contributed by atoms with Gasteiger partial charge in [-0.25, -0.2) is 4.68 Å². The van der Waals surface area contributed by atoms with Gasteiger partial charge in [-0.15, -0.1) is 0 Å². The summed E-state index contributed by atoms with van der Waals surface area (Å²) in [6, 6.07) is 0. The Hall–Kier alpha value is -1.33. The molecule has 0 atom stereocenters. The smallest absolute Gasteiger partial charge is 0.287 e. The molecule has 1 rings (SSSR count). The number of nitrogens with two attached hydrogens (primary N) is 1. The van der Waals surface area contributed by atoms with Gasteiger partial charge in [0, 0.05) is 20.1 Å². The van der Waals surface area contributed by atoms with Crippen LogP contribution in [0.1, 0.15) is 0 Å². The van der Waals surface area contributed by atoms with E-state index in [1.165, 1.54) is 10.9 Å². The van der Waals surface area contributed by atoms with E-state index in [0.29, 0.717) is 18.8 Å². The van der Waals surface area contributed by atoms with Crippen molar-refractivity contribution < 1.29 is 0 Å². The molecule has 82 valence electrons. The lowest BCUT2D eigenvalue weighted by molar-refractivity contribution is 0.708. The zero-order chi connectivity index (χ0) is 11.3. The first kappa shape index (κ1) is 11.7. The molecule has 0 spiro atoms. The highest BCUT2D eigenvalue weighted by Crippen LogP contribution is 2.14. The van der Waals surface area contributed by atoms with Crippen LogP contribution in [0.25, 0.3) is 0 Å². The molecule has 0 aliphatic carbocycles. The van der Waals surface area contributed by atoms with Crippen LogP contribution in [-0.2, 0) is 7.05 Å². The van der Waals surface area contributed by atoms with E-state index in [9.17, 15) is 4.79 Å². The largest absolute Gasteiger partial charge is 0.379 e. The van der Waals surface area contributed by atoms with E-state index < -0.39 is 0 Å². The first-order valence-electron chi connectivity index (χ1n) is 4.47. The summed E-state index contributed by atoms with van der Waals surface area (Å²) in [6.07, 6.45) is 5.18. The molecule has 1 aromatic rings. The number of halogens is 1. The van der Waals surface area contributed by atoms with E-state index in [4.69, 9.17) is 17.3 Å². The molecule has 0 unspecified atom stereocenters. The average Bonchev–Trinajstić information content (AvgIpc) is 2.24. The molecule has 0 radical (unpaired) electrons. The van der Waals surface area contributed by atoms with Crippen molar-refractivity contribution in [1.82, 2.24) is 9.78 Å². The summed E-state index contributed by atoms with van der Waals surface area (Å²) < 4.78 is 1.18. The molecule has 3 N–H and O–H groups in total. The number of nitrogens with zero attached hydrogens (tertiary/aromatic N) is 2. The van der Waals surface area contributed by atoms with Gasteiger partial charge in [-0.1, -0.05) is 23.8 Å². The maximum absolute atomic E-state index is 11.4. The molecule has 1 heterocycles. The van der Waals surface area contributed by atoms with Crippen molar-refractivity contribution in [3.63, 3.8) is 0 Å². The topological polar surface area (TPSA) is 72.9 Å². The number of nitrogens with one attached hydrogen (secondary N) is 1. The second-order valence-electron chi connectivity index (χ2n) is 2.89. The fourth-order valence-corrected chi connectivity index (χ4v) is 1.22. The van der Waals surface area contributed by atoms with E-state index >= 15 is 0 Å². The third kappa shape index (κ3) is 3.07. The number of anilines is 1. The molecule has 0 aromatic carbocycles. The second kappa shape index (κ2) is 5.53. The Morgan fingerprint density at radius 3 is 3.07 bits per heavy atom. The maximum Gasteiger partial charge on any atom is 0.287 e. The van der Waals surface area contributed by atoms with Crippen LogP contribution in [0, 0.1) is 0 Å².